The first-order valence-electron chi connectivity index (χ1n) is 4.54. The van der Waals surface area contributed by atoms with Gasteiger partial charge in [0, 0.05) is 10.6 Å². The lowest BCUT2D eigenvalue weighted by atomic mass is 10.1. The van der Waals surface area contributed by atoms with Crippen LogP contribution in [0.15, 0.2) is 24.5 Å². The zero-order chi connectivity index (χ0) is 12.4. The first kappa shape index (κ1) is 12.0. The second-order valence-corrected chi connectivity index (χ2v) is 3.96. The fraction of sp³-hybridized carbons (Fsp3) is 0. The van der Waals surface area contributed by atoms with E-state index in [0.717, 1.165) is 6.07 Å². The van der Waals surface area contributed by atoms with Crippen LogP contribution in [0.2, 0.25) is 10.2 Å². The van der Waals surface area contributed by atoms with Gasteiger partial charge >= 0.3 is 0 Å². The van der Waals surface area contributed by atoms with Crippen LogP contribution in [0.4, 0.5) is 4.39 Å². The number of carbonyl (C=O) groups excluding carboxylic acids is 1. The minimum atomic E-state index is -0.574. The van der Waals surface area contributed by atoms with Crippen LogP contribution >= 0.6 is 23.2 Å². The molecule has 2 rings (SSSR count). The van der Waals surface area contributed by atoms with Crippen LogP contribution in [0.1, 0.15) is 10.4 Å². The maximum absolute atomic E-state index is 13.7. The van der Waals surface area contributed by atoms with Gasteiger partial charge in [-0.3, -0.25) is 4.79 Å². The first-order valence-corrected chi connectivity index (χ1v) is 5.30. The molecule has 1 heterocycles. The number of nitrogens with zero attached hydrogens (tertiary/aromatic N) is 2. The molecule has 0 spiro atoms. The van der Waals surface area contributed by atoms with E-state index < -0.39 is 5.82 Å². The quantitative estimate of drug-likeness (QED) is 0.621. The van der Waals surface area contributed by atoms with Crippen molar-refractivity contribution in [2.75, 3.05) is 0 Å². The Balaban J connectivity index is 2.68. The van der Waals surface area contributed by atoms with Crippen molar-refractivity contribution in [2.24, 2.45) is 0 Å². The molecule has 0 saturated heterocycles. The SMILES string of the molecule is O=Cc1c(Cl)ncnc1-c1ccc(Cl)cc1F. The number of hydrogen-bond acceptors (Lipinski definition) is 3. The Hall–Kier alpha value is -1.52. The predicted molar refractivity (Wildman–Crippen MR) is 62.8 cm³/mol. The van der Waals surface area contributed by atoms with E-state index in [2.05, 4.69) is 9.97 Å². The first-order chi connectivity index (χ1) is 8.13. The third kappa shape index (κ3) is 2.28. The van der Waals surface area contributed by atoms with Crippen molar-refractivity contribution in [3.05, 3.63) is 46.1 Å². The van der Waals surface area contributed by atoms with Crippen molar-refractivity contribution in [1.82, 2.24) is 9.97 Å². The summed E-state index contributed by atoms with van der Waals surface area (Å²) in [6, 6.07) is 4.08. The molecule has 86 valence electrons. The Bertz CT molecular complexity index is 590. The van der Waals surface area contributed by atoms with Crippen LogP contribution in [0, 0.1) is 5.82 Å². The zero-order valence-electron chi connectivity index (χ0n) is 8.32. The Morgan fingerprint density at radius 2 is 2.00 bits per heavy atom. The van der Waals surface area contributed by atoms with Crippen molar-refractivity contribution >= 4 is 29.5 Å². The molecule has 0 aliphatic carbocycles. The van der Waals surface area contributed by atoms with Crippen LogP contribution in [-0.4, -0.2) is 16.3 Å². The van der Waals surface area contributed by atoms with Gasteiger partial charge in [-0.2, -0.15) is 0 Å². The minimum Gasteiger partial charge on any atom is -0.298 e. The van der Waals surface area contributed by atoms with Gasteiger partial charge in [0.2, 0.25) is 0 Å². The fourth-order valence-corrected chi connectivity index (χ4v) is 1.71. The Kier molecular flexibility index (Phi) is 3.36. The zero-order valence-corrected chi connectivity index (χ0v) is 9.84. The molecule has 0 saturated carbocycles. The molecule has 0 amide bonds. The molecular weight excluding hydrogens is 266 g/mol. The van der Waals surface area contributed by atoms with E-state index in [1.807, 2.05) is 0 Å². The van der Waals surface area contributed by atoms with Gasteiger partial charge in [-0.1, -0.05) is 23.2 Å². The topological polar surface area (TPSA) is 42.9 Å². The van der Waals surface area contributed by atoms with Crippen LogP contribution < -0.4 is 0 Å². The van der Waals surface area contributed by atoms with E-state index in [4.69, 9.17) is 23.2 Å². The van der Waals surface area contributed by atoms with Crippen molar-refractivity contribution in [2.45, 2.75) is 0 Å². The molecule has 3 nitrogen and oxygen atoms in total. The highest BCUT2D eigenvalue weighted by Gasteiger charge is 2.14. The number of aldehydes is 1. The number of rotatable bonds is 2. The molecule has 0 fully saturated rings. The van der Waals surface area contributed by atoms with Crippen LogP contribution in [0.25, 0.3) is 11.3 Å². The van der Waals surface area contributed by atoms with Gasteiger partial charge in [0.25, 0.3) is 0 Å². The molecule has 0 atom stereocenters. The van der Waals surface area contributed by atoms with Crippen LogP contribution in [-0.2, 0) is 0 Å². The smallest absolute Gasteiger partial charge is 0.155 e. The van der Waals surface area contributed by atoms with E-state index in [1.54, 1.807) is 0 Å². The lowest BCUT2D eigenvalue weighted by molar-refractivity contribution is 0.112. The Morgan fingerprint density at radius 3 is 2.65 bits per heavy atom. The summed E-state index contributed by atoms with van der Waals surface area (Å²) >= 11 is 11.4. The molecule has 2 aromatic rings. The van der Waals surface area contributed by atoms with Gasteiger partial charge in [0.1, 0.15) is 17.3 Å². The summed E-state index contributed by atoms with van der Waals surface area (Å²) in [5.74, 6) is -0.574. The molecule has 0 aliphatic heterocycles. The molecule has 0 bridgehead atoms. The van der Waals surface area contributed by atoms with Crippen LogP contribution in [0.5, 0.6) is 0 Å². The average molecular weight is 271 g/mol. The molecule has 6 heteroatoms. The van der Waals surface area contributed by atoms with Gasteiger partial charge in [0.05, 0.1) is 11.3 Å². The number of carbonyl (C=O) groups is 1. The summed E-state index contributed by atoms with van der Waals surface area (Å²) in [6.45, 7) is 0. The molecular formula is C11H5Cl2FN2O. The highest BCUT2D eigenvalue weighted by Crippen LogP contribution is 2.27. The third-order valence-corrected chi connectivity index (χ3v) is 2.68. The largest absolute Gasteiger partial charge is 0.298 e. The molecule has 1 aromatic carbocycles. The highest BCUT2D eigenvalue weighted by atomic mass is 35.5. The predicted octanol–water partition coefficient (Wildman–Crippen LogP) is 3.40. The van der Waals surface area contributed by atoms with E-state index in [-0.39, 0.29) is 27.0 Å². The number of halogens is 3. The van der Waals surface area contributed by atoms with Gasteiger partial charge in [-0.25, -0.2) is 14.4 Å². The van der Waals surface area contributed by atoms with Crippen molar-refractivity contribution in [3.63, 3.8) is 0 Å². The van der Waals surface area contributed by atoms with Crippen LogP contribution in [0.3, 0.4) is 0 Å². The number of benzene rings is 1. The fourth-order valence-electron chi connectivity index (χ4n) is 1.37. The lowest BCUT2D eigenvalue weighted by Gasteiger charge is -2.06. The van der Waals surface area contributed by atoms with Crippen molar-refractivity contribution in [3.8, 4) is 11.3 Å². The number of aromatic nitrogens is 2. The van der Waals surface area contributed by atoms with Gasteiger partial charge in [0.15, 0.2) is 6.29 Å². The number of hydrogen-bond donors (Lipinski definition) is 0. The van der Waals surface area contributed by atoms with Gasteiger partial charge in [-0.15, -0.1) is 0 Å². The highest BCUT2D eigenvalue weighted by molar-refractivity contribution is 6.32. The van der Waals surface area contributed by atoms with Crippen molar-refractivity contribution in [1.29, 1.82) is 0 Å². The van der Waals surface area contributed by atoms with Gasteiger partial charge in [-0.05, 0) is 18.2 Å². The molecule has 0 unspecified atom stereocenters. The second kappa shape index (κ2) is 4.77. The normalized spacial score (nSPS) is 10.3. The summed E-state index contributed by atoms with van der Waals surface area (Å²) in [6.07, 6.45) is 1.66. The summed E-state index contributed by atoms with van der Waals surface area (Å²) < 4.78 is 13.7. The van der Waals surface area contributed by atoms with Gasteiger partial charge < -0.3 is 0 Å². The molecule has 0 radical (unpaired) electrons. The van der Waals surface area contributed by atoms with Crippen molar-refractivity contribution < 1.29 is 9.18 Å². The average Bonchev–Trinajstić information content (AvgIpc) is 2.29. The molecule has 1 aromatic heterocycles. The monoisotopic (exact) mass is 270 g/mol. The maximum Gasteiger partial charge on any atom is 0.155 e. The lowest BCUT2D eigenvalue weighted by Crippen LogP contribution is -1.97. The minimum absolute atomic E-state index is 0.0145. The van der Waals surface area contributed by atoms with E-state index in [9.17, 15) is 9.18 Å². The standard InChI is InChI=1S/C11H5Cl2FN2O/c12-6-1-2-7(9(14)3-6)10-8(4-17)11(13)16-5-15-10/h1-5H. The Morgan fingerprint density at radius 1 is 1.24 bits per heavy atom. The second-order valence-electron chi connectivity index (χ2n) is 3.17. The summed E-state index contributed by atoms with van der Waals surface area (Å²) in [5, 5.41) is 0.249. The van der Waals surface area contributed by atoms with E-state index >= 15 is 0 Å². The molecule has 17 heavy (non-hydrogen) atoms. The maximum atomic E-state index is 13.7. The molecule has 0 aliphatic rings. The molecule has 0 N–H and O–H groups in total. The van der Waals surface area contributed by atoms with E-state index in [0.29, 0.717) is 6.29 Å². The summed E-state index contributed by atoms with van der Waals surface area (Å²) in [7, 11) is 0. The third-order valence-electron chi connectivity index (χ3n) is 2.14. The summed E-state index contributed by atoms with van der Waals surface area (Å²) in [4.78, 5) is 18.4. The summed E-state index contributed by atoms with van der Waals surface area (Å²) in [5.41, 5.74) is 0.352. The van der Waals surface area contributed by atoms with E-state index in [1.165, 1.54) is 18.5 Å². The Labute approximate surface area is 106 Å².